The summed E-state index contributed by atoms with van der Waals surface area (Å²) >= 11 is 16.9. The molecule has 82 valence electrons. The summed E-state index contributed by atoms with van der Waals surface area (Å²) in [4.78, 5) is 11.4. The van der Waals surface area contributed by atoms with Gasteiger partial charge in [-0.15, -0.1) is 0 Å². The van der Waals surface area contributed by atoms with Crippen LogP contribution in [0.1, 0.15) is 12.5 Å². The van der Waals surface area contributed by atoms with Gasteiger partial charge in [0.05, 0.1) is 0 Å². The van der Waals surface area contributed by atoms with Crippen molar-refractivity contribution in [3.8, 4) is 5.75 Å². The first-order valence-corrected chi connectivity index (χ1v) is 5.30. The molecule has 15 heavy (non-hydrogen) atoms. The van der Waals surface area contributed by atoms with E-state index in [-0.39, 0.29) is 0 Å². The summed E-state index contributed by atoms with van der Waals surface area (Å²) in [6, 6.07) is 4.90. The molecular weight excluding hydrogens is 258 g/mol. The van der Waals surface area contributed by atoms with Crippen LogP contribution in [0.25, 0.3) is 0 Å². The molecule has 1 rings (SSSR count). The number of aryl methyl sites for hydroxylation is 1. The number of hydrogen-bond donors (Lipinski definition) is 0. The van der Waals surface area contributed by atoms with Gasteiger partial charge >= 0.3 is 5.97 Å². The van der Waals surface area contributed by atoms with Gasteiger partial charge in [0.1, 0.15) is 5.75 Å². The molecule has 0 aliphatic carbocycles. The summed E-state index contributed by atoms with van der Waals surface area (Å²) in [5.41, 5.74) is 0.744. The fraction of sp³-hybridized carbons (Fsp3) is 0.300. The zero-order valence-corrected chi connectivity index (χ0v) is 10.5. The third kappa shape index (κ3) is 3.56. The molecule has 1 aromatic rings. The Morgan fingerprint density at radius 3 is 2.47 bits per heavy atom. The summed E-state index contributed by atoms with van der Waals surface area (Å²) in [5.74, 6) is -0.312. The highest BCUT2D eigenvalue weighted by molar-refractivity contribution is 6.57. The molecule has 0 spiro atoms. The normalized spacial score (nSPS) is 11.3. The topological polar surface area (TPSA) is 26.3 Å². The maximum absolute atomic E-state index is 11.4. The molecule has 0 saturated carbocycles. The molecule has 5 heteroatoms. The van der Waals surface area contributed by atoms with Crippen LogP contribution in [0.4, 0.5) is 0 Å². The summed E-state index contributed by atoms with van der Waals surface area (Å²) in [6.07, 6.45) is 0. The fourth-order valence-electron chi connectivity index (χ4n) is 0.917. The van der Waals surface area contributed by atoms with Crippen LogP contribution in [0, 0.1) is 6.92 Å². The van der Waals surface area contributed by atoms with Crippen LogP contribution in [-0.2, 0) is 4.79 Å². The van der Waals surface area contributed by atoms with Crippen LogP contribution >= 0.6 is 34.8 Å². The number of benzene rings is 1. The molecule has 0 unspecified atom stereocenters. The predicted molar refractivity (Wildman–Crippen MR) is 61.9 cm³/mol. The van der Waals surface area contributed by atoms with Crippen molar-refractivity contribution in [1.82, 2.24) is 0 Å². The summed E-state index contributed by atoms with van der Waals surface area (Å²) in [7, 11) is 0. The summed E-state index contributed by atoms with van der Waals surface area (Å²) in [6.45, 7) is 3.12. The first-order chi connectivity index (χ1) is 6.80. The van der Waals surface area contributed by atoms with Crippen molar-refractivity contribution in [2.45, 2.75) is 18.2 Å². The van der Waals surface area contributed by atoms with E-state index in [0.717, 1.165) is 5.56 Å². The zero-order valence-electron chi connectivity index (χ0n) is 8.18. The molecule has 0 aromatic heterocycles. The highest BCUT2D eigenvalue weighted by atomic mass is 35.5. The Bertz CT molecular complexity index is 383. The molecule has 0 aliphatic heterocycles. The van der Waals surface area contributed by atoms with Crippen LogP contribution in [0.5, 0.6) is 5.75 Å². The summed E-state index contributed by atoms with van der Waals surface area (Å²) in [5, 5.41) is 0.576. The van der Waals surface area contributed by atoms with E-state index in [2.05, 4.69) is 0 Å². The Morgan fingerprint density at radius 1 is 1.40 bits per heavy atom. The molecule has 0 atom stereocenters. The lowest BCUT2D eigenvalue weighted by Gasteiger charge is -2.13. The fourth-order valence-corrected chi connectivity index (χ4v) is 1.22. The van der Waals surface area contributed by atoms with E-state index in [1.165, 1.54) is 6.92 Å². The standard InChI is InChI=1S/C10H9Cl3O2/c1-6-5-7(11)3-4-8(6)15-9(14)10(2,12)13/h3-5H,1-2H3. The SMILES string of the molecule is Cc1cc(Cl)ccc1OC(=O)C(C)(Cl)Cl. The van der Waals surface area contributed by atoms with E-state index >= 15 is 0 Å². The number of hydrogen-bond acceptors (Lipinski definition) is 2. The molecule has 0 fully saturated rings. The Hall–Kier alpha value is -0.440. The first kappa shape index (κ1) is 12.6. The van der Waals surface area contributed by atoms with E-state index < -0.39 is 10.3 Å². The van der Waals surface area contributed by atoms with Crippen molar-refractivity contribution in [1.29, 1.82) is 0 Å². The second-order valence-corrected chi connectivity index (χ2v) is 5.33. The number of alkyl halides is 2. The van der Waals surface area contributed by atoms with Crippen LogP contribution in [0.2, 0.25) is 5.02 Å². The van der Waals surface area contributed by atoms with Gasteiger partial charge in [-0.2, -0.15) is 0 Å². The number of ether oxygens (including phenoxy) is 1. The minimum absolute atomic E-state index is 0.400. The molecule has 0 N–H and O–H groups in total. The van der Waals surface area contributed by atoms with Crippen molar-refractivity contribution in [3.05, 3.63) is 28.8 Å². The zero-order chi connectivity index (χ0) is 11.6. The quantitative estimate of drug-likeness (QED) is 0.463. The molecule has 0 bridgehead atoms. The van der Waals surface area contributed by atoms with Gasteiger partial charge in [0, 0.05) is 5.02 Å². The Kier molecular flexibility index (Phi) is 3.87. The maximum Gasteiger partial charge on any atom is 0.347 e. The van der Waals surface area contributed by atoms with Crippen molar-refractivity contribution in [2.24, 2.45) is 0 Å². The van der Waals surface area contributed by atoms with E-state index in [9.17, 15) is 4.79 Å². The van der Waals surface area contributed by atoms with Crippen molar-refractivity contribution >= 4 is 40.8 Å². The average Bonchev–Trinajstić information content (AvgIpc) is 2.08. The van der Waals surface area contributed by atoms with Crippen LogP contribution in [0.3, 0.4) is 0 Å². The Labute approximate surface area is 103 Å². The molecule has 0 saturated heterocycles. The minimum Gasteiger partial charge on any atom is -0.424 e. The van der Waals surface area contributed by atoms with Gasteiger partial charge in [-0.05, 0) is 37.6 Å². The number of esters is 1. The number of halogens is 3. The number of carbonyl (C=O) groups excluding carboxylic acids is 1. The second kappa shape index (κ2) is 4.60. The van der Waals surface area contributed by atoms with Crippen LogP contribution in [0.15, 0.2) is 18.2 Å². The molecular formula is C10H9Cl3O2. The monoisotopic (exact) mass is 266 g/mol. The predicted octanol–water partition coefficient (Wildman–Crippen LogP) is 3.75. The molecule has 0 aliphatic rings. The minimum atomic E-state index is -1.55. The Morgan fingerprint density at radius 2 is 2.00 bits per heavy atom. The average molecular weight is 268 g/mol. The van der Waals surface area contributed by atoms with Crippen molar-refractivity contribution < 1.29 is 9.53 Å². The number of carbonyl (C=O) groups is 1. The van der Waals surface area contributed by atoms with E-state index in [1.54, 1.807) is 25.1 Å². The smallest absolute Gasteiger partial charge is 0.347 e. The molecule has 0 amide bonds. The number of rotatable bonds is 2. The molecule has 1 aromatic carbocycles. The molecule has 0 radical (unpaired) electrons. The lowest BCUT2D eigenvalue weighted by atomic mass is 10.2. The second-order valence-electron chi connectivity index (χ2n) is 3.19. The third-order valence-electron chi connectivity index (χ3n) is 1.70. The highest BCUT2D eigenvalue weighted by Gasteiger charge is 2.30. The lowest BCUT2D eigenvalue weighted by Crippen LogP contribution is -2.27. The van der Waals surface area contributed by atoms with Gasteiger partial charge in [0.25, 0.3) is 0 Å². The van der Waals surface area contributed by atoms with Gasteiger partial charge in [-0.3, -0.25) is 0 Å². The maximum atomic E-state index is 11.4. The van der Waals surface area contributed by atoms with Gasteiger partial charge in [0.15, 0.2) is 0 Å². The highest BCUT2D eigenvalue weighted by Crippen LogP contribution is 2.26. The molecule has 2 nitrogen and oxygen atoms in total. The van der Waals surface area contributed by atoms with E-state index in [0.29, 0.717) is 10.8 Å². The largest absolute Gasteiger partial charge is 0.424 e. The van der Waals surface area contributed by atoms with Crippen LogP contribution in [-0.4, -0.2) is 10.3 Å². The van der Waals surface area contributed by atoms with Crippen molar-refractivity contribution in [2.75, 3.05) is 0 Å². The van der Waals surface area contributed by atoms with Crippen LogP contribution < -0.4 is 4.74 Å². The first-order valence-electron chi connectivity index (χ1n) is 4.17. The Balaban J connectivity index is 2.87. The van der Waals surface area contributed by atoms with Gasteiger partial charge in [-0.25, -0.2) is 4.79 Å². The summed E-state index contributed by atoms with van der Waals surface area (Å²) < 4.78 is 3.45. The lowest BCUT2D eigenvalue weighted by molar-refractivity contribution is -0.134. The van der Waals surface area contributed by atoms with Gasteiger partial charge < -0.3 is 4.74 Å². The van der Waals surface area contributed by atoms with Gasteiger partial charge in [-0.1, -0.05) is 34.8 Å². The van der Waals surface area contributed by atoms with Crippen molar-refractivity contribution in [3.63, 3.8) is 0 Å². The molecule has 0 heterocycles. The van der Waals surface area contributed by atoms with E-state index in [1.807, 2.05) is 0 Å². The van der Waals surface area contributed by atoms with Gasteiger partial charge in [0.2, 0.25) is 4.33 Å². The third-order valence-corrected chi connectivity index (χ3v) is 2.24. The van der Waals surface area contributed by atoms with E-state index in [4.69, 9.17) is 39.5 Å².